The quantitative estimate of drug-likeness (QED) is 0.890. The molecule has 0 fully saturated rings. The van der Waals surface area contributed by atoms with Crippen LogP contribution in [0.4, 0.5) is 5.69 Å². The van der Waals surface area contributed by atoms with E-state index in [1.807, 2.05) is 0 Å². The lowest BCUT2D eigenvalue weighted by Gasteiger charge is -2.06. The van der Waals surface area contributed by atoms with Crippen molar-refractivity contribution in [1.29, 1.82) is 0 Å². The van der Waals surface area contributed by atoms with Crippen molar-refractivity contribution in [3.8, 4) is 0 Å². The number of benzene rings is 1. The molecule has 0 saturated carbocycles. The molecule has 1 aromatic carbocycles. The minimum Gasteiger partial charge on any atom is -0.366 e. The van der Waals surface area contributed by atoms with Gasteiger partial charge in [-0.2, -0.15) is 5.10 Å². The van der Waals surface area contributed by atoms with E-state index in [0.29, 0.717) is 11.3 Å². The van der Waals surface area contributed by atoms with Crippen LogP contribution in [0.25, 0.3) is 0 Å². The van der Waals surface area contributed by atoms with Crippen molar-refractivity contribution in [3.05, 3.63) is 46.7 Å². The van der Waals surface area contributed by atoms with Crippen LogP contribution in [-0.2, 0) is 7.05 Å². The normalized spacial score (nSPS) is 10.2. The maximum Gasteiger partial charge on any atom is 0.258 e. The van der Waals surface area contributed by atoms with Gasteiger partial charge in [-0.25, -0.2) is 0 Å². The number of rotatable bonds is 3. The third-order valence-electron chi connectivity index (χ3n) is 2.46. The number of nitrogens with two attached hydrogens (primary N) is 1. The first-order valence-corrected chi connectivity index (χ1v) is 5.74. The van der Waals surface area contributed by atoms with Crippen molar-refractivity contribution in [3.63, 3.8) is 0 Å². The first-order chi connectivity index (χ1) is 8.97. The number of aromatic nitrogens is 2. The number of anilines is 1. The summed E-state index contributed by atoms with van der Waals surface area (Å²) in [5, 5.41) is 6.78. The van der Waals surface area contributed by atoms with E-state index in [1.54, 1.807) is 19.3 Å². The van der Waals surface area contributed by atoms with Gasteiger partial charge in [0.15, 0.2) is 0 Å². The van der Waals surface area contributed by atoms with Crippen LogP contribution in [0.3, 0.4) is 0 Å². The molecule has 0 saturated heterocycles. The Kier molecular flexibility index (Phi) is 3.52. The van der Waals surface area contributed by atoms with Gasteiger partial charge < -0.3 is 11.1 Å². The van der Waals surface area contributed by atoms with Crippen LogP contribution >= 0.6 is 11.6 Å². The van der Waals surface area contributed by atoms with Gasteiger partial charge in [0.05, 0.1) is 22.3 Å². The molecule has 0 aliphatic carbocycles. The summed E-state index contributed by atoms with van der Waals surface area (Å²) in [6.45, 7) is 0. The predicted octanol–water partition coefficient (Wildman–Crippen LogP) is 1.42. The highest BCUT2D eigenvalue weighted by molar-refractivity contribution is 6.34. The fourth-order valence-corrected chi connectivity index (χ4v) is 1.74. The molecule has 2 rings (SSSR count). The van der Waals surface area contributed by atoms with Crippen LogP contribution in [0.1, 0.15) is 20.7 Å². The van der Waals surface area contributed by atoms with E-state index in [1.165, 1.54) is 23.0 Å². The van der Waals surface area contributed by atoms with Crippen molar-refractivity contribution in [2.45, 2.75) is 0 Å². The van der Waals surface area contributed by atoms with Crippen molar-refractivity contribution < 1.29 is 9.59 Å². The number of primary amides is 1. The minimum absolute atomic E-state index is 0.158. The smallest absolute Gasteiger partial charge is 0.258 e. The highest BCUT2D eigenvalue weighted by Gasteiger charge is 2.11. The number of amides is 2. The molecule has 19 heavy (non-hydrogen) atoms. The van der Waals surface area contributed by atoms with E-state index < -0.39 is 5.91 Å². The molecular weight excluding hydrogens is 268 g/mol. The van der Waals surface area contributed by atoms with Gasteiger partial charge in [-0.05, 0) is 18.2 Å². The second-order valence-electron chi connectivity index (χ2n) is 3.92. The number of aryl methyl sites for hydroxylation is 1. The van der Waals surface area contributed by atoms with Gasteiger partial charge in [0.1, 0.15) is 0 Å². The van der Waals surface area contributed by atoms with Crippen LogP contribution in [0.15, 0.2) is 30.6 Å². The minimum atomic E-state index is -0.650. The van der Waals surface area contributed by atoms with Gasteiger partial charge in [-0.3, -0.25) is 14.3 Å². The van der Waals surface area contributed by atoms with Gasteiger partial charge in [0, 0.05) is 18.9 Å². The zero-order valence-corrected chi connectivity index (χ0v) is 10.8. The summed E-state index contributed by atoms with van der Waals surface area (Å²) < 4.78 is 1.52. The number of nitrogens with zero attached hydrogens (tertiary/aromatic N) is 2. The average Bonchev–Trinajstić information content (AvgIpc) is 2.78. The standard InChI is InChI=1S/C12H11ClN4O2/c1-17-6-7(5-15-17)12(19)16-8-2-3-10(13)9(4-8)11(14)18/h2-6H,1H3,(H2,14,18)(H,16,19). The Balaban J connectivity index is 2.22. The Labute approximate surface area is 114 Å². The van der Waals surface area contributed by atoms with E-state index >= 15 is 0 Å². The van der Waals surface area contributed by atoms with Crippen molar-refractivity contribution in [2.24, 2.45) is 12.8 Å². The lowest BCUT2D eigenvalue weighted by Crippen LogP contribution is -2.14. The number of halogens is 1. The summed E-state index contributed by atoms with van der Waals surface area (Å²) >= 11 is 5.82. The van der Waals surface area contributed by atoms with E-state index in [0.717, 1.165) is 0 Å². The highest BCUT2D eigenvalue weighted by atomic mass is 35.5. The summed E-state index contributed by atoms with van der Waals surface area (Å²) in [5.41, 5.74) is 6.19. The molecule has 0 unspecified atom stereocenters. The number of carbonyl (C=O) groups excluding carboxylic acids is 2. The summed E-state index contributed by atoms with van der Waals surface area (Å²) in [5.74, 6) is -0.978. The lowest BCUT2D eigenvalue weighted by molar-refractivity contribution is 0.0996. The number of carbonyl (C=O) groups is 2. The second-order valence-corrected chi connectivity index (χ2v) is 4.32. The molecular formula is C12H11ClN4O2. The SMILES string of the molecule is Cn1cc(C(=O)Nc2ccc(Cl)c(C(N)=O)c2)cn1. The molecule has 1 aromatic heterocycles. The van der Waals surface area contributed by atoms with Crippen LogP contribution in [0.2, 0.25) is 5.02 Å². The van der Waals surface area contributed by atoms with Crippen molar-refractivity contribution >= 4 is 29.1 Å². The molecule has 2 aromatic rings. The molecule has 6 nitrogen and oxygen atoms in total. The van der Waals surface area contributed by atoms with Crippen LogP contribution in [0, 0.1) is 0 Å². The molecule has 0 aliphatic rings. The monoisotopic (exact) mass is 278 g/mol. The fraction of sp³-hybridized carbons (Fsp3) is 0.0833. The maximum atomic E-state index is 11.9. The molecule has 0 radical (unpaired) electrons. The summed E-state index contributed by atoms with van der Waals surface area (Å²) in [4.78, 5) is 23.0. The van der Waals surface area contributed by atoms with Gasteiger partial charge in [0.25, 0.3) is 5.91 Å². The third-order valence-corrected chi connectivity index (χ3v) is 2.79. The molecule has 0 aliphatic heterocycles. The van der Waals surface area contributed by atoms with Gasteiger partial charge in [-0.1, -0.05) is 11.6 Å². The fourth-order valence-electron chi connectivity index (χ4n) is 1.53. The van der Waals surface area contributed by atoms with E-state index in [9.17, 15) is 9.59 Å². The Morgan fingerprint density at radius 1 is 1.42 bits per heavy atom. The van der Waals surface area contributed by atoms with Gasteiger partial charge in [-0.15, -0.1) is 0 Å². The molecule has 1 heterocycles. The predicted molar refractivity (Wildman–Crippen MR) is 71.1 cm³/mol. The van der Waals surface area contributed by atoms with Gasteiger partial charge >= 0.3 is 0 Å². The molecule has 0 spiro atoms. The second kappa shape index (κ2) is 5.11. The number of hydrogen-bond acceptors (Lipinski definition) is 3. The Morgan fingerprint density at radius 2 is 2.16 bits per heavy atom. The van der Waals surface area contributed by atoms with E-state index in [2.05, 4.69) is 10.4 Å². The first kappa shape index (κ1) is 13.1. The van der Waals surface area contributed by atoms with Crippen molar-refractivity contribution in [2.75, 3.05) is 5.32 Å². The van der Waals surface area contributed by atoms with E-state index in [-0.39, 0.29) is 16.5 Å². The van der Waals surface area contributed by atoms with Gasteiger partial charge in [0.2, 0.25) is 5.91 Å². The van der Waals surface area contributed by atoms with Crippen molar-refractivity contribution in [1.82, 2.24) is 9.78 Å². The number of nitrogens with one attached hydrogen (secondary N) is 1. The third kappa shape index (κ3) is 2.92. The summed E-state index contributed by atoms with van der Waals surface area (Å²) in [7, 11) is 1.71. The highest BCUT2D eigenvalue weighted by Crippen LogP contribution is 2.20. The largest absolute Gasteiger partial charge is 0.366 e. The van der Waals surface area contributed by atoms with Crippen LogP contribution < -0.4 is 11.1 Å². The maximum absolute atomic E-state index is 11.9. The van der Waals surface area contributed by atoms with Crippen LogP contribution in [0.5, 0.6) is 0 Å². The topological polar surface area (TPSA) is 90.0 Å². The lowest BCUT2D eigenvalue weighted by atomic mass is 10.2. The summed E-state index contributed by atoms with van der Waals surface area (Å²) in [6.07, 6.45) is 3.03. The van der Waals surface area contributed by atoms with E-state index in [4.69, 9.17) is 17.3 Å². The Hall–Kier alpha value is -2.34. The molecule has 3 N–H and O–H groups in total. The number of hydrogen-bond donors (Lipinski definition) is 2. The zero-order chi connectivity index (χ0) is 14.0. The summed E-state index contributed by atoms with van der Waals surface area (Å²) in [6, 6.07) is 4.52. The Bertz CT molecular complexity index is 651. The molecule has 2 amide bonds. The molecule has 7 heteroatoms. The molecule has 98 valence electrons. The average molecular weight is 279 g/mol. The zero-order valence-electron chi connectivity index (χ0n) is 10.1. The first-order valence-electron chi connectivity index (χ1n) is 5.36. The molecule has 0 bridgehead atoms. The Morgan fingerprint density at radius 3 is 2.74 bits per heavy atom. The molecule has 0 atom stereocenters. The van der Waals surface area contributed by atoms with Crippen LogP contribution in [-0.4, -0.2) is 21.6 Å².